The number of hydrogen-bond acceptors (Lipinski definition) is 2. The molecule has 0 saturated heterocycles. The van der Waals surface area contributed by atoms with Crippen LogP contribution in [-0.2, 0) is 0 Å². The summed E-state index contributed by atoms with van der Waals surface area (Å²) in [4.78, 5) is 0. The Morgan fingerprint density at radius 2 is 1.33 bits per heavy atom. The zero-order valence-corrected chi connectivity index (χ0v) is 8.40. The van der Waals surface area contributed by atoms with Gasteiger partial charge < -0.3 is 11.5 Å². The lowest BCUT2D eigenvalue weighted by atomic mass is 9.72. The van der Waals surface area contributed by atoms with Gasteiger partial charge in [0.15, 0.2) is 0 Å². The van der Waals surface area contributed by atoms with Gasteiger partial charge in [-0.1, -0.05) is 39.5 Å². The molecule has 0 aliphatic heterocycles. The van der Waals surface area contributed by atoms with Crippen LogP contribution >= 0.6 is 0 Å². The van der Waals surface area contributed by atoms with Gasteiger partial charge in [-0.15, -0.1) is 0 Å². The lowest BCUT2D eigenvalue weighted by Crippen LogP contribution is -2.60. The predicted molar refractivity (Wildman–Crippen MR) is 52.6 cm³/mol. The molecule has 1 rings (SSSR count). The average Bonchev–Trinajstić information content (AvgIpc) is 1.94. The minimum atomic E-state index is -0.451. The van der Waals surface area contributed by atoms with Crippen LogP contribution in [0, 0.1) is 5.41 Å². The maximum absolute atomic E-state index is 6.10. The Morgan fingerprint density at radius 3 is 1.92 bits per heavy atom. The molecular weight excluding hydrogens is 148 g/mol. The lowest BCUT2D eigenvalue weighted by molar-refractivity contribution is 0.126. The SMILES string of the molecule is CC1(C)CCCCCCC1(N)N. The molecule has 0 radical (unpaired) electrons. The topological polar surface area (TPSA) is 52.0 Å². The van der Waals surface area contributed by atoms with Crippen molar-refractivity contribution in [3.05, 3.63) is 0 Å². The Balaban J connectivity index is 2.66. The summed E-state index contributed by atoms with van der Waals surface area (Å²) in [6.45, 7) is 4.39. The first-order valence-electron chi connectivity index (χ1n) is 5.03. The molecule has 0 unspecified atom stereocenters. The minimum absolute atomic E-state index is 0.105. The van der Waals surface area contributed by atoms with Crippen molar-refractivity contribution in [3.63, 3.8) is 0 Å². The normalized spacial score (nSPS) is 29.0. The molecule has 0 aromatic carbocycles. The molecule has 0 aromatic rings. The van der Waals surface area contributed by atoms with Crippen molar-refractivity contribution >= 4 is 0 Å². The van der Waals surface area contributed by atoms with Crippen molar-refractivity contribution in [1.29, 1.82) is 0 Å². The van der Waals surface area contributed by atoms with E-state index in [2.05, 4.69) is 13.8 Å². The van der Waals surface area contributed by atoms with Crippen LogP contribution in [0.3, 0.4) is 0 Å². The second kappa shape index (κ2) is 3.35. The average molecular weight is 170 g/mol. The molecule has 1 aliphatic rings. The van der Waals surface area contributed by atoms with Crippen molar-refractivity contribution in [3.8, 4) is 0 Å². The summed E-state index contributed by atoms with van der Waals surface area (Å²) in [6, 6.07) is 0. The van der Waals surface area contributed by atoms with E-state index in [1.165, 1.54) is 32.1 Å². The smallest absolute Gasteiger partial charge is 0.0689 e. The van der Waals surface area contributed by atoms with E-state index < -0.39 is 5.66 Å². The Labute approximate surface area is 75.7 Å². The third kappa shape index (κ3) is 1.99. The van der Waals surface area contributed by atoms with E-state index in [9.17, 15) is 0 Å². The Bertz CT molecular complexity index is 132. The molecule has 0 heterocycles. The Hall–Kier alpha value is -0.0800. The molecule has 0 atom stereocenters. The van der Waals surface area contributed by atoms with Crippen LogP contribution in [0.15, 0.2) is 0 Å². The summed E-state index contributed by atoms with van der Waals surface area (Å²) in [7, 11) is 0. The molecule has 1 saturated carbocycles. The molecular formula is C10H22N2. The van der Waals surface area contributed by atoms with E-state index in [0.717, 1.165) is 6.42 Å². The van der Waals surface area contributed by atoms with Crippen LogP contribution in [0.4, 0.5) is 0 Å². The van der Waals surface area contributed by atoms with E-state index >= 15 is 0 Å². The molecule has 0 spiro atoms. The molecule has 12 heavy (non-hydrogen) atoms. The fraction of sp³-hybridized carbons (Fsp3) is 1.00. The third-order valence-electron chi connectivity index (χ3n) is 3.40. The molecule has 1 aliphatic carbocycles. The quantitative estimate of drug-likeness (QED) is 0.546. The summed E-state index contributed by atoms with van der Waals surface area (Å²) in [5.41, 5.74) is 11.9. The van der Waals surface area contributed by atoms with Gasteiger partial charge in [-0.05, 0) is 18.3 Å². The zero-order chi connectivity index (χ0) is 9.24. The molecule has 72 valence electrons. The van der Waals surface area contributed by atoms with Crippen molar-refractivity contribution in [1.82, 2.24) is 0 Å². The molecule has 0 amide bonds. The monoisotopic (exact) mass is 170 g/mol. The van der Waals surface area contributed by atoms with E-state index in [-0.39, 0.29) is 5.41 Å². The summed E-state index contributed by atoms with van der Waals surface area (Å²) >= 11 is 0. The van der Waals surface area contributed by atoms with Crippen LogP contribution in [0.1, 0.15) is 52.4 Å². The van der Waals surface area contributed by atoms with Gasteiger partial charge in [-0.25, -0.2) is 0 Å². The zero-order valence-electron chi connectivity index (χ0n) is 8.40. The summed E-state index contributed by atoms with van der Waals surface area (Å²) in [6.07, 6.45) is 7.26. The van der Waals surface area contributed by atoms with E-state index in [1.54, 1.807) is 0 Å². The van der Waals surface area contributed by atoms with Gasteiger partial charge in [0.2, 0.25) is 0 Å². The first kappa shape index (κ1) is 10.0. The van der Waals surface area contributed by atoms with Crippen LogP contribution in [0.5, 0.6) is 0 Å². The molecule has 0 aromatic heterocycles. The highest BCUT2D eigenvalue weighted by Gasteiger charge is 2.37. The van der Waals surface area contributed by atoms with Crippen LogP contribution in [-0.4, -0.2) is 5.66 Å². The van der Waals surface area contributed by atoms with Gasteiger partial charge in [-0.2, -0.15) is 0 Å². The second-order valence-corrected chi connectivity index (χ2v) is 4.84. The fourth-order valence-electron chi connectivity index (χ4n) is 1.91. The van der Waals surface area contributed by atoms with Gasteiger partial charge >= 0.3 is 0 Å². The number of nitrogens with two attached hydrogens (primary N) is 2. The Morgan fingerprint density at radius 1 is 0.833 bits per heavy atom. The predicted octanol–water partition coefficient (Wildman–Crippen LogP) is 1.98. The van der Waals surface area contributed by atoms with Crippen molar-refractivity contribution in [2.24, 2.45) is 16.9 Å². The van der Waals surface area contributed by atoms with Crippen LogP contribution < -0.4 is 11.5 Å². The van der Waals surface area contributed by atoms with E-state index in [4.69, 9.17) is 11.5 Å². The second-order valence-electron chi connectivity index (χ2n) is 4.84. The fourth-order valence-corrected chi connectivity index (χ4v) is 1.91. The van der Waals surface area contributed by atoms with E-state index in [0.29, 0.717) is 0 Å². The molecule has 2 heteroatoms. The first-order valence-corrected chi connectivity index (χ1v) is 5.03. The highest BCUT2D eigenvalue weighted by molar-refractivity contribution is 4.93. The first-order chi connectivity index (χ1) is 5.46. The van der Waals surface area contributed by atoms with Gasteiger partial charge in [0.1, 0.15) is 0 Å². The summed E-state index contributed by atoms with van der Waals surface area (Å²) in [5, 5.41) is 0. The highest BCUT2D eigenvalue weighted by atomic mass is 15.0. The standard InChI is InChI=1S/C10H22N2/c1-9(2)7-5-3-4-6-8-10(9,11)12/h3-8,11-12H2,1-2H3. The largest absolute Gasteiger partial charge is 0.313 e. The maximum Gasteiger partial charge on any atom is 0.0689 e. The number of hydrogen-bond donors (Lipinski definition) is 2. The third-order valence-corrected chi connectivity index (χ3v) is 3.40. The summed E-state index contributed by atoms with van der Waals surface area (Å²) in [5.74, 6) is 0. The minimum Gasteiger partial charge on any atom is -0.313 e. The van der Waals surface area contributed by atoms with Crippen molar-refractivity contribution in [2.75, 3.05) is 0 Å². The van der Waals surface area contributed by atoms with E-state index in [1.807, 2.05) is 0 Å². The molecule has 4 N–H and O–H groups in total. The van der Waals surface area contributed by atoms with Gasteiger partial charge in [0.05, 0.1) is 5.66 Å². The highest BCUT2D eigenvalue weighted by Crippen LogP contribution is 2.36. The van der Waals surface area contributed by atoms with Crippen molar-refractivity contribution in [2.45, 2.75) is 58.0 Å². The maximum atomic E-state index is 6.10. The molecule has 2 nitrogen and oxygen atoms in total. The van der Waals surface area contributed by atoms with Gasteiger partial charge in [0.25, 0.3) is 0 Å². The molecule has 1 fully saturated rings. The van der Waals surface area contributed by atoms with Gasteiger partial charge in [0, 0.05) is 0 Å². The lowest BCUT2D eigenvalue weighted by Gasteiger charge is -2.42. The van der Waals surface area contributed by atoms with Gasteiger partial charge in [-0.3, -0.25) is 0 Å². The van der Waals surface area contributed by atoms with Crippen LogP contribution in [0.25, 0.3) is 0 Å². The van der Waals surface area contributed by atoms with Crippen molar-refractivity contribution < 1.29 is 0 Å². The van der Waals surface area contributed by atoms with Crippen LogP contribution in [0.2, 0.25) is 0 Å². The molecule has 0 bridgehead atoms. The number of rotatable bonds is 0. The summed E-state index contributed by atoms with van der Waals surface area (Å²) < 4.78 is 0. The Kier molecular flexibility index (Phi) is 2.79.